The van der Waals surface area contributed by atoms with Crippen LogP contribution in [-0.4, -0.2) is 37.8 Å². The zero-order chi connectivity index (χ0) is 20.5. The third-order valence-electron chi connectivity index (χ3n) is 4.57. The molecule has 9 heteroatoms. The minimum Gasteiger partial charge on any atom is -0.310 e. The Morgan fingerprint density at radius 1 is 1.17 bits per heavy atom. The van der Waals surface area contributed by atoms with E-state index in [1.807, 2.05) is 41.8 Å². The van der Waals surface area contributed by atoms with Gasteiger partial charge in [0.05, 0.1) is 10.2 Å². The molecule has 4 aromatic rings. The highest BCUT2D eigenvalue weighted by atomic mass is 32.1. The zero-order valence-corrected chi connectivity index (χ0v) is 17.4. The van der Waals surface area contributed by atoms with E-state index in [4.69, 9.17) is 0 Å². The fourth-order valence-electron chi connectivity index (χ4n) is 2.96. The van der Waals surface area contributed by atoms with E-state index in [1.54, 1.807) is 19.4 Å². The van der Waals surface area contributed by atoms with E-state index in [0.717, 1.165) is 15.8 Å². The number of anilines is 2. The lowest BCUT2D eigenvalue weighted by Crippen LogP contribution is -2.31. The summed E-state index contributed by atoms with van der Waals surface area (Å²) in [5, 5.41) is 11.6. The van der Waals surface area contributed by atoms with Crippen LogP contribution in [0.25, 0.3) is 21.7 Å². The number of nitrogens with zero attached hydrogens (tertiary/aromatic N) is 6. The van der Waals surface area contributed by atoms with E-state index < -0.39 is 0 Å². The van der Waals surface area contributed by atoms with Crippen molar-refractivity contribution in [1.82, 2.24) is 24.7 Å². The standard InChI is InChI=1S/C20H21N7OS/c1-12(2)27-11-21-25-18(27)15-9-6-10-16(22-15)26(4)20(28)24-19-23-14-8-5-7-13(3)17(14)29-19/h5-12H,1-4H3,(H,23,24,28). The monoisotopic (exact) mass is 407 g/mol. The smallest absolute Gasteiger partial charge is 0.310 e. The molecule has 3 heterocycles. The summed E-state index contributed by atoms with van der Waals surface area (Å²) in [6, 6.07) is 11.3. The van der Waals surface area contributed by atoms with Crippen LogP contribution in [0.15, 0.2) is 42.7 Å². The molecule has 0 radical (unpaired) electrons. The van der Waals surface area contributed by atoms with Gasteiger partial charge in [0.1, 0.15) is 17.8 Å². The van der Waals surface area contributed by atoms with Gasteiger partial charge in [0.15, 0.2) is 11.0 Å². The number of urea groups is 1. The minimum absolute atomic E-state index is 0.203. The third-order valence-corrected chi connectivity index (χ3v) is 5.69. The largest absolute Gasteiger partial charge is 0.329 e. The van der Waals surface area contributed by atoms with Crippen molar-refractivity contribution < 1.29 is 4.79 Å². The van der Waals surface area contributed by atoms with Crippen LogP contribution in [0.3, 0.4) is 0 Å². The van der Waals surface area contributed by atoms with Gasteiger partial charge in [-0.3, -0.25) is 10.2 Å². The summed E-state index contributed by atoms with van der Waals surface area (Å²) in [6.07, 6.45) is 1.68. The minimum atomic E-state index is -0.309. The maximum Gasteiger partial charge on any atom is 0.329 e. The summed E-state index contributed by atoms with van der Waals surface area (Å²) in [6.45, 7) is 6.13. The predicted octanol–water partition coefficient (Wildman–Crippen LogP) is 4.51. The van der Waals surface area contributed by atoms with E-state index in [0.29, 0.717) is 22.5 Å². The first kappa shape index (κ1) is 19.0. The topological polar surface area (TPSA) is 88.8 Å². The average molecular weight is 408 g/mol. The molecular formula is C20H21N7OS. The number of amides is 2. The number of hydrogen-bond donors (Lipinski definition) is 1. The Hall–Kier alpha value is -3.33. The van der Waals surface area contributed by atoms with Crippen molar-refractivity contribution in [3.63, 3.8) is 0 Å². The van der Waals surface area contributed by atoms with Crippen molar-refractivity contribution in [2.75, 3.05) is 17.3 Å². The normalized spacial score (nSPS) is 11.2. The van der Waals surface area contributed by atoms with Gasteiger partial charge >= 0.3 is 6.03 Å². The number of thiazole rings is 1. The molecular weight excluding hydrogens is 386 g/mol. The van der Waals surface area contributed by atoms with E-state index in [2.05, 4.69) is 39.3 Å². The molecule has 3 aromatic heterocycles. The van der Waals surface area contributed by atoms with E-state index in [-0.39, 0.29) is 12.1 Å². The second-order valence-electron chi connectivity index (χ2n) is 6.97. The van der Waals surface area contributed by atoms with Crippen molar-refractivity contribution in [2.24, 2.45) is 0 Å². The van der Waals surface area contributed by atoms with E-state index in [9.17, 15) is 4.79 Å². The molecule has 148 valence electrons. The van der Waals surface area contributed by atoms with Crippen molar-refractivity contribution in [3.05, 3.63) is 48.3 Å². The van der Waals surface area contributed by atoms with Crippen LogP contribution in [0.4, 0.5) is 15.7 Å². The van der Waals surface area contributed by atoms with Gasteiger partial charge in [0.2, 0.25) is 0 Å². The third kappa shape index (κ3) is 3.68. The highest BCUT2D eigenvalue weighted by Gasteiger charge is 2.17. The molecule has 0 saturated heterocycles. The fourth-order valence-corrected chi connectivity index (χ4v) is 3.88. The highest BCUT2D eigenvalue weighted by molar-refractivity contribution is 7.22. The number of aromatic nitrogens is 5. The van der Waals surface area contributed by atoms with Crippen LogP contribution < -0.4 is 10.2 Å². The van der Waals surface area contributed by atoms with Gasteiger partial charge in [0.25, 0.3) is 0 Å². The Bertz CT molecular complexity index is 1180. The van der Waals surface area contributed by atoms with Crippen LogP contribution in [0.2, 0.25) is 0 Å². The summed E-state index contributed by atoms with van der Waals surface area (Å²) >= 11 is 1.46. The quantitative estimate of drug-likeness (QED) is 0.538. The van der Waals surface area contributed by atoms with Gasteiger partial charge in [-0.2, -0.15) is 0 Å². The second kappa shape index (κ2) is 7.59. The Kier molecular flexibility index (Phi) is 4.98. The lowest BCUT2D eigenvalue weighted by molar-refractivity contribution is 0.258. The number of hydrogen-bond acceptors (Lipinski definition) is 6. The lowest BCUT2D eigenvalue weighted by atomic mass is 10.2. The van der Waals surface area contributed by atoms with Gasteiger partial charge in [-0.05, 0) is 44.5 Å². The number of fused-ring (bicyclic) bond motifs is 1. The van der Waals surface area contributed by atoms with Crippen LogP contribution in [-0.2, 0) is 0 Å². The molecule has 0 spiro atoms. The molecule has 0 atom stereocenters. The first-order valence-electron chi connectivity index (χ1n) is 9.22. The molecule has 1 N–H and O–H groups in total. The fraction of sp³-hybridized carbons (Fsp3) is 0.250. The summed E-state index contributed by atoms with van der Waals surface area (Å²) in [5.41, 5.74) is 2.67. The number of carbonyl (C=O) groups excluding carboxylic acids is 1. The Labute approximate surface area is 172 Å². The summed E-state index contributed by atoms with van der Waals surface area (Å²) in [7, 11) is 1.67. The molecule has 1 aromatic carbocycles. The number of aryl methyl sites for hydroxylation is 1. The summed E-state index contributed by atoms with van der Waals surface area (Å²) in [5.74, 6) is 1.17. The summed E-state index contributed by atoms with van der Waals surface area (Å²) in [4.78, 5) is 23.3. The van der Waals surface area contributed by atoms with Gasteiger partial charge in [-0.15, -0.1) is 10.2 Å². The molecule has 8 nitrogen and oxygen atoms in total. The number of pyridine rings is 1. The van der Waals surface area contributed by atoms with Crippen molar-refractivity contribution >= 4 is 38.5 Å². The molecule has 29 heavy (non-hydrogen) atoms. The first-order chi connectivity index (χ1) is 13.9. The number of benzene rings is 1. The zero-order valence-electron chi connectivity index (χ0n) is 16.6. The SMILES string of the molecule is Cc1cccc2nc(NC(=O)N(C)c3cccc(-c4nncn4C(C)C)n3)sc12. The molecule has 4 rings (SSSR count). The van der Waals surface area contributed by atoms with E-state index in [1.165, 1.54) is 16.2 Å². The van der Waals surface area contributed by atoms with Gasteiger partial charge in [-0.25, -0.2) is 14.8 Å². The van der Waals surface area contributed by atoms with Gasteiger partial charge in [0, 0.05) is 13.1 Å². The van der Waals surface area contributed by atoms with Crippen molar-refractivity contribution in [3.8, 4) is 11.5 Å². The van der Waals surface area contributed by atoms with Gasteiger partial charge < -0.3 is 4.57 Å². The highest BCUT2D eigenvalue weighted by Crippen LogP contribution is 2.29. The van der Waals surface area contributed by atoms with Gasteiger partial charge in [-0.1, -0.05) is 29.5 Å². The maximum absolute atomic E-state index is 12.8. The number of nitrogens with one attached hydrogen (secondary N) is 1. The first-order valence-corrected chi connectivity index (χ1v) is 10.0. The molecule has 0 fully saturated rings. The average Bonchev–Trinajstić information content (AvgIpc) is 3.35. The second-order valence-corrected chi connectivity index (χ2v) is 7.97. The molecule has 0 aliphatic heterocycles. The predicted molar refractivity (Wildman–Crippen MR) is 115 cm³/mol. The number of carbonyl (C=O) groups is 1. The van der Waals surface area contributed by atoms with Crippen LogP contribution in [0.5, 0.6) is 0 Å². The van der Waals surface area contributed by atoms with Crippen molar-refractivity contribution in [1.29, 1.82) is 0 Å². The van der Waals surface area contributed by atoms with E-state index >= 15 is 0 Å². The van der Waals surface area contributed by atoms with Crippen LogP contribution >= 0.6 is 11.3 Å². The maximum atomic E-state index is 12.8. The molecule has 2 amide bonds. The molecule has 0 unspecified atom stereocenters. The lowest BCUT2D eigenvalue weighted by Gasteiger charge is -2.17. The Morgan fingerprint density at radius 2 is 1.97 bits per heavy atom. The Morgan fingerprint density at radius 3 is 2.72 bits per heavy atom. The summed E-state index contributed by atoms with van der Waals surface area (Å²) < 4.78 is 3.01. The number of rotatable bonds is 4. The molecule has 0 aliphatic carbocycles. The molecule has 0 saturated carbocycles. The van der Waals surface area contributed by atoms with Crippen LogP contribution in [0, 0.1) is 6.92 Å². The van der Waals surface area contributed by atoms with Crippen LogP contribution in [0.1, 0.15) is 25.5 Å². The Balaban J connectivity index is 1.57. The molecule has 0 aliphatic rings. The van der Waals surface area contributed by atoms with Crippen molar-refractivity contribution in [2.45, 2.75) is 26.8 Å². The molecule has 0 bridgehead atoms.